The molecule has 0 spiro atoms. The number of nitrogens with one attached hydrogen (secondary N) is 3. The highest BCUT2D eigenvalue weighted by Crippen LogP contribution is 2.27. The lowest BCUT2D eigenvalue weighted by Crippen LogP contribution is -2.14. The number of thioether (sulfide) groups is 1. The van der Waals surface area contributed by atoms with Gasteiger partial charge in [0.25, 0.3) is 5.91 Å². The number of carbonyl (C=O) groups is 3. The summed E-state index contributed by atoms with van der Waals surface area (Å²) in [6.07, 6.45) is 0. The van der Waals surface area contributed by atoms with E-state index in [1.807, 2.05) is 0 Å². The van der Waals surface area contributed by atoms with Crippen LogP contribution in [0, 0.1) is 0 Å². The lowest BCUT2D eigenvalue weighted by atomic mass is 10.2. The molecule has 3 N–H and O–H groups in total. The van der Waals surface area contributed by atoms with Crippen molar-refractivity contribution in [1.82, 2.24) is 10.2 Å². The van der Waals surface area contributed by atoms with Gasteiger partial charge in [0.05, 0.1) is 18.4 Å². The van der Waals surface area contributed by atoms with Crippen molar-refractivity contribution >= 4 is 57.3 Å². The number of amides is 3. The normalized spacial score (nSPS) is 10.3. The molecule has 0 atom stereocenters. The smallest absolute Gasteiger partial charge is 0.261 e. The van der Waals surface area contributed by atoms with Crippen LogP contribution in [0.2, 0.25) is 0 Å². The van der Waals surface area contributed by atoms with Gasteiger partial charge in [-0.1, -0.05) is 35.2 Å². The van der Waals surface area contributed by atoms with Gasteiger partial charge in [0.15, 0.2) is 4.34 Å². The van der Waals surface area contributed by atoms with Crippen LogP contribution in [0.15, 0.2) is 52.9 Å². The molecule has 0 aliphatic rings. The van der Waals surface area contributed by atoms with Gasteiger partial charge in [-0.2, -0.15) is 0 Å². The number of carbonyl (C=O) groups excluding carboxylic acids is 3. The number of ether oxygens (including phenoxy) is 1. The zero-order valence-corrected chi connectivity index (χ0v) is 18.3. The molecule has 2 aromatic carbocycles. The van der Waals surface area contributed by atoms with Gasteiger partial charge < -0.3 is 15.4 Å². The van der Waals surface area contributed by atoms with E-state index in [2.05, 4.69) is 26.1 Å². The number of para-hydroxylation sites is 1. The van der Waals surface area contributed by atoms with Gasteiger partial charge >= 0.3 is 0 Å². The Labute approximate surface area is 186 Å². The maximum absolute atomic E-state index is 12.4. The third-order valence-corrected chi connectivity index (χ3v) is 5.77. The molecule has 0 saturated carbocycles. The van der Waals surface area contributed by atoms with Gasteiger partial charge in [0.1, 0.15) is 5.75 Å². The molecular weight excluding hydrogens is 438 g/mol. The summed E-state index contributed by atoms with van der Waals surface area (Å²) in [4.78, 5) is 35.6. The van der Waals surface area contributed by atoms with E-state index >= 15 is 0 Å². The minimum Gasteiger partial charge on any atom is -0.496 e. The molecule has 1 heterocycles. The Morgan fingerprint density at radius 3 is 2.32 bits per heavy atom. The lowest BCUT2D eigenvalue weighted by molar-refractivity contribution is -0.114. The first kappa shape index (κ1) is 22.2. The van der Waals surface area contributed by atoms with E-state index in [1.54, 1.807) is 48.5 Å². The fourth-order valence-corrected chi connectivity index (χ4v) is 4.03. The number of rotatable bonds is 8. The van der Waals surface area contributed by atoms with Crippen LogP contribution in [-0.2, 0) is 9.59 Å². The molecule has 0 bridgehead atoms. The molecular formula is C20H19N5O4S2. The largest absolute Gasteiger partial charge is 0.496 e. The zero-order valence-electron chi connectivity index (χ0n) is 16.7. The molecule has 31 heavy (non-hydrogen) atoms. The monoisotopic (exact) mass is 457 g/mol. The fourth-order valence-electron chi connectivity index (χ4n) is 2.48. The van der Waals surface area contributed by atoms with E-state index < -0.39 is 0 Å². The average molecular weight is 458 g/mol. The molecule has 3 rings (SSSR count). The summed E-state index contributed by atoms with van der Waals surface area (Å²) in [5.74, 6) is -0.148. The van der Waals surface area contributed by atoms with Crippen LogP contribution < -0.4 is 20.7 Å². The summed E-state index contributed by atoms with van der Waals surface area (Å²) in [5.41, 5.74) is 1.65. The summed E-state index contributed by atoms with van der Waals surface area (Å²) >= 11 is 2.38. The Morgan fingerprint density at radius 2 is 1.65 bits per heavy atom. The van der Waals surface area contributed by atoms with Crippen LogP contribution in [0.25, 0.3) is 0 Å². The van der Waals surface area contributed by atoms with Crippen molar-refractivity contribution in [2.24, 2.45) is 0 Å². The van der Waals surface area contributed by atoms with E-state index in [4.69, 9.17) is 4.74 Å². The summed E-state index contributed by atoms with van der Waals surface area (Å²) in [5, 5.41) is 16.4. The number of nitrogens with zero attached hydrogens (tertiary/aromatic N) is 2. The maximum Gasteiger partial charge on any atom is 0.261 e. The minimum atomic E-state index is -0.356. The number of benzene rings is 2. The van der Waals surface area contributed by atoms with Crippen LogP contribution >= 0.6 is 23.1 Å². The molecule has 3 amide bonds. The third kappa shape index (κ3) is 6.52. The molecule has 11 heteroatoms. The predicted octanol–water partition coefficient (Wildman–Crippen LogP) is 3.49. The van der Waals surface area contributed by atoms with Gasteiger partial charge in [-0.05, 0) is 36.4 Å². The van der Waals surface area contributed by atoms with Gasteiger partial charge in [-0.25, -0.2) is 0 Å². The van der Waals surface area contributed by atoms with Crippen LogP contribution in [0.5, 0.6) is 5.75 Å². The molecule has 0 aliphatic carbocycles. The number of aromatic nitrogens is 2. The highest BCUT2D eigenvalue weighted by molar-refractivity contribution is 8.01. The van der Waals surface area contributed by atoms with E-state index in [0.717, 1.165) is 0 Å². The Morgan fingerprint density at radius 1 is 0.968 bits per heavy atom. The highest BCUT2D eigenvalue weighted by Gasteiger charge is 2.15. The molecule has 0 aliphatic heterocycles. The lowest BCUT2D eigenvalue weighted by Gasteiger charge is -2.06. The summed E-state index contributed by atoms with van der Waals surface area (Å²) < 4.78 is 5.73. The number of hydrogen-bond donors (Lipinski definition) is 3. The Bertz CT molecular complexity index is 1090. The van der Waals surface area contributed by atoms with Crippen molar-refractivity contribution in [2.45, 2.75) is 11.3 Å². The van der Waals surface area contributed by atoms with Gasteiger partial charge in [0.2, 0.25) is 16.9 Å². The zero-order chi connectivity index (χ0) is 22.2. The minimum absolute atomic E-state index is 0.128. The van der Waals surface area contributed by atoms with Crippen LogP contribution in [-0.4, -0.2) is 40.8 Å². The quantitative estimate of drug-likeness (QED) is 0.350. The van der Waals surface area contributed by atoms with Crippen molar-refractivity contribution < 1.29 is 19.1 Å². The van der Waals surface area contributed by atoms with Crippen molar-refractivity contribution in [3.63, 3.8) is 0 Å². The first-order valence-electron chi connectivity index (χ1n) is 9.03. The first-order valence-corrected chi connectivity index (χ1v) is 10.8. The fraction of sp³-hybridized carbons (Fsp3) is 0.150. The van der Waals surface area contributed by atoms with Crippen LogP contribution in [0.4, 0.5) is 16.5 Å². The summed E-state index contributed by atoms with van der Waals surface area (Å²) in [6.45, 7) is 1.43. The number of methoxy groups -OCH3 is 1. The van der Waals surface area contributed by atoms with Crippen LogP contribution in [0.3, 0.4) is 0 Å². The second-order valence-corrected chi connectivity index (χ2v) is 8.32. The van der Waals surface area contributed by atoms with E-state index in [9.17, 15) is 14.4 Å². The highest BCUT2D eigenvalue weighted by atomic mass is 32.2. The Hall–Kier alpha value is -3.44. The van der Waals surface area contributed by atoms with Gasteiger partial charge in [-0.3, -0.25) is 19.7 Å². The van der Waals surface area contributed by atoms with Crippen molar-refractivity contribution in [1.29, 1.82) is 0 Å². The molecule has 0 unspecified atom stereocenters. The molecule has 1 aromatic heterocycles. The van der Waals surface area contributed by atoms with E-state index in [1.165, 1.54) is 37.1 Å². The van der Waals surface area contributed by atoms with Crippen LogP contribution in [0.1, 0.15) is 17.3 Å². The Kier molecular flexibility index (Phi) is 7.57. The molecule has 0 fully saturated rings. The second-order valence-electron chi connectivity index (χ2n) is 6.12. The molecule has 0 saturated heterocycles. The molecule has 3 aromatic rings. The third-order valence-electron chi connectivity index (χ3n) is 3.79. The maximum atomic E-state index is 12.4. The average Bonchev–Trinajstić information content (AvgIpc) is 3.20. The summed E-state index contributed by atoms with van der Waals surface area (Å²) in [7, 11) is 1.49. The summed E-state index contributed by atoms with van der Waals surface area (Å²) in [6, 6.07) is 13.7. The van der Waals surface area contributed by atoms with E-state index in [0.29, 0.717) is 32.2 Å². The SMILES string of the molecule is COc1ccccc1C(=O)Nc1nnc(SCC(=O)Nc2ccc(NC(C)=O)cc2)s1. The Balaban J connectivity index is 1.50. The van der Waals surface area contributed by atoms with E-state index in [-0.39, 0.29) is 23.5 Å². The predicted molar refractivity (Wildman–Crippen MR) is 121 cm³/mol. The topological polar surface area (TPSA) is 122 Å². The molecule has 9 nitrogen and oxygen atoms in total. The van der Waals surface area contributed by atoms with Crippen molar-refractivity contribution in [3.8, 4) is 5.75 Å². The molecule has 0 radical (unpaired) electrons. The standard InChI is InChI=1S/C20H19N5O4S2/c1-12(26)21-13-7-9-14(10-8-13)22-17(27)11-30-20-25-24-19(31-20)23-18(28)15-5-3-4-6-16(15)29-2/h3-10H,11H2,1-2H3,(H,21,26)(H,22,27)(H,23,24,28). The van der Waals surface area contributed by atoms with Crippen molar-refractivity contribution in [2.75, 3.05) is 28.8 Å². The number of hydrogen-bond acceptors (Lipinski definition) is 8. The number of anilines is 3. The van der Waals surface area contributed by atoms with Crippen molar-refractivity contribution in [3.05, 3.63) is 54.1 Å². The molecule has 160 valence electrons. The second kappa shape index (κ2) is 10.5. The van der Waals surface area contributed by atoms with Gasteiger partial charge in [0, 0.05) is 18.3 Å². The van der Waals surface area contributed by atoms with Gasteiger partial charge in [-0.15, -0.1) is 10.2 Å². The first-order chi connectivity index (χ1) is 14.9.